The molecule has 0 aliphatic rings. The second-order valence-corrected chi connectivity index (χ2v) is 4.20. The van der Waals surface area contributed by atoms with Crippen LogP contribution < -0.4 is 5.73 Å². The van der Waals surface area contributed by atoms with Crippen LogP contribution in [-0.2, 0) is 12.8 Å². The Balaban J connectivity index is 2.04. The summed E-state index contributed by atoms with van der Waals surface area (Å²) in [5.74, 6) is 0.112. The van der Waals surface area contributed by atoms with Gasteiger partial charge in [0.05, 0.1) is 6.10 Å². The largest absolute Gasteiger partial charge is 0.392 e. The molecule has 1 atom stereocenters. The van der Waals surface area contributed by atoms with Gasteiger partial charge in [-0.3, -0.25) is 0 Å². The number of nitrogens with zero attached hydrogens (tertiary/aromatic N) is 1. The van der Waals surface area contributed by atoms with E-state index in [0.717, 1.165) is 5.56 Å². The first-order valence-electron chi connectivity index (χ1n) is 5.77. The van der Waals surface area contributed by atoms with E-state index in [4.69, 9.17) is 5.73 Å². The van der Waals surface area contributed by atoms with Gasteiger partial charge >= 0.3 is 0 Å². The Kier molecular flexibility index (Phi) is 3.89. The highest BCUT2D eigenvalue weighted by atomic mass is 19.1. The molecule has 4 heteroatoms. The van der Waals surface area contributed by atoms with Crippen LogP contribution in [0, 0.1) is 5.82 Å². The van der Waals surface area contributed by atoms with Crippen molar-refractivity contribution in [2.24, 2.45) is 0 Å². The van der Waals surface area contributed by atoms with Crippen LogP contribution in [-0.4, -0.2) is 16.2 Å². The van der Waals surface area contributed by atoms with Crippen LogP contribution >= 0.6 is 0 Å². The molecular weight excluding hydrogens is 231 g/mol. The molecule has 0 saturated carbocycles. The Bertz CT molecular complexity index is 483. The van der Waals surface area contributed by atoms with Gasteiger partial charge in [0.1, 0.15) is 11.6 Å². The monoisotopic (exact) mass is 246 g/mol. The molecule has 0 bridgehead atoms. The smallest absolute Gasteiger partial charge is 0.126 e. The zero-order valence-corrected chi connectivity index (χ0v) is 9.88. The van der Waals surface area contributed by atoms with E-state index in [0.29, 0.717) is 17.8 Å². The van der Waals surface area contributed by atoms with Crippen molar-refractivity contribution in [2.45, 2.75) is 18.9 Å². The summed E-state index contributed by atoms with van der Waals surface area (Å²) in [6, 6.07) is 10.0. The van der Waals surface area contributed by atoms with Crippen LogP contribution in [0.5, 0.6) is 0 Å². The van der Waals surface area contributed by atoms with Gasteiger partial charge in [-0.1, -0.05) is 24.3 Å². The van der Waals surface area contributed by atoms with E-state index in [1.807, 2.05) is 6.07 Å². The molecule has 0 saturated heterocycles. The number of benzene rings is 1. The third kappa shape index (κ3) is 3.05. The Morgan fingerprint density at radius 1 is 1.11 bits per heavy atom. The fourth-order valence-corrected chi connectivity index (χ4v) is 1.87. The molecule has 2 rings (SSSR count). The topological polar surface area (TPSA) is 59.1 Å². The number of nitrogen functional groups attached to an aromatic ring is 1. The lowest BCUT2D eigenvalue weighted by molar-refractivity contribution is 0.174. The van der Waals surface area contributed by atoms with Crippen molar-refractivity contribution in [3.05, 3.63) is 59.5 Å². The Morgan fingerprint density at radius 2 is 1.78 bits per heavy atom. The number of aromatic nitrogens is 1. The van der Waals surface area contributed by atoms with E-state index in [2.05, 4.69) is 4.98 Å². The second kappa shape index (κ2) is 5.60. The van der Waals surface area contributed by atoms with Crippen molar-refractivity contribution >= 4 is 5.82 Å². The fourth-order valence-electron chi connectivity index (χ4n) is 1.87. The highest BCUT2D eigenvalue weighted by Crippen LogP contribution is 2.14. The first-order valence-corrected chi connectivity index (χ1v) is 5.77. The third-order valence-electron chi connectivity index (χ3n) is 2.80. The van der Waals surface area contributed by atoms with E-state index in [1.165, 1.54) is 6.07 Å². The number of hydrogen-bond donors (Lipinski definition) is 2. The normalized spacial score (nSPS) is 12.3. The summed E-state index contributed by atoms with van der Waals surface area (Å²) in [6.45, 7) is 0. The van der Waals surface area contributed by atoms with Crippen LogP contribution in [0.1, 0.15) is 11.1 Å². The SMILES string of the molecule is Nc1ncccc1CC(O)Cc1ccccc1F. The molecule has 0 aliphatic carbocycles. The number of aliphatic hydroxyl groups is 1. The van der Waals surface area contributed by atoms with Gasteiger partial charge in [0.25, 0.3) is 0 Å². The molecule has 18 heavy (non-hydrogen) atoms. The molecule has 0 radical (unpaired) electrons. The van der Waals surface area contributed by atoms with Gasteiger partial charge in [-0.25, -0.2) is 9.37 Å². The Morgan fingerprint density at radius 3 is 2.50 bits per heavy atom. The van der Waals surface area contributed by atoms with Crippen molar-refractivity contribution in [3.63, 3.8) is 0 Å². The predicted molar refractivity (Wildman–Crippen MR) is 68.5 cm³/mol. The van der Waals surface area contributed by atoms with Crippen molar-refractivity contribution < 1.29 is 9.50 Å². The molecule has 1 aromatic carbocycles. The molecule has 94 valence electrons. The number of halogens is 1. The quantitative estimate of drug-likeness (QED) is 0.866. The first kappa shape index (κ1) is 12.5. The zero-order valence-electron chi connectivity index (χ0n) is 9.88. The number of aliphatic hydroxyl groups excluding tert-OH is 1. The van der Waals surface area contributed by atoms with E-state index in [-0.39, 0.29) is 12.2 Å². The molecule has 0 aliphatic heterocycles. The third-order valence-corrected chi connectivity index (χ3v) is 2.80. The van der Waals surface area contributed by atoms with Crippen LogP contribution in [0.3, 0.4) is 0 Å². The lowest BCUT2D eigenvalue weighted by atomic mass is 10.0. The van der Waals surface area contributed by atoms with E-state index in [1.54, 1.807) is 30.5 Å². The highest BCUT2D eigenvalue weighted by Gasteiger charge is 2.11. The molecule has 1 heterocycles. The number of hydrogen-bond acceptors (Lipinski definition) is 3. The number of nitrogens with two attached hydrogens (primary N) is 1. The molecule has 2 aromatic rings. The van der Waals surface area contributed by atoms with Gasteiger partial charge in [-0.05, 0) is 23.3 Å². The molecule has 0 spiro atoms. The number of pyridine rings is 1. The molecule has 0 amide bonds. The molecule has 3 N–H and O–H groups in total. The molecule has 3 nitrogen and oxygen atoms in total. The molecular formula is C14H15FN2O. The van der Waals surface area contributed by atoms with Crippen LogP contribution in [0.25, 0.3) is 0 Å². The van der Waals surface area contributed by atoms with Gasteiger partial charge in [0.15, 0.2) is 0 Å². The van der Waals surface area contributed by atoms with Crippen LogP contribution in [0.15, 0.2) is 42.6 Å². The Labute approximate surface area is 105 Å². The van der Waals surface area contributed by atoms with Crippen LogP contribution in [0.2, 0.25) is 0 Å². The zero-order chi connectivity index (χ0) is 13.0. The fraction of sp³-hybridized carbons (Fsp3) is 0.214. The van der Waals surface area contributed by atoms with Gasteiger partial charge in [-0.2, -0.15) is 0 Å². The van der Waals surface area contributed by atoms with E-state index < -0.39 is 6.10 Å². The number of anilines is 1. The summed E-state index contributed by atoms with van der Waals surface area (Å²) in [5.41, 5.74) is 6.98. The minimum Gasteiger partial charge on any atom is -0.392 e. The van der Waals surface area contributed by atoms with Crippen molar-refractivity contribution in [1.82, 2.24) is 4.98 Å². The number of rotatable bonds is 4. The summed E-state index contributed by atoms with van der Waals surface area (Å²) >= 11 is 0. The van der Waals surface area contributed by atoms with Gasteiger partial charge in [-0.15, -0.1) is 0 Å². The molecule has 0 fully saturated rings. The lowest BCUT2D eigenvalue weighted by Gasteiger charge is -2.12. The van der Waals surface area contributed by atoms with Crippen molar-refractivity contribution in [1.29, 1.82) is 0 Å². The van der Waals surface area contributed by atoms with Crippen molar-refractivity contribution in [3.8, 4) is 0 Å². The predicted octanol–water partition coefficient (Wildman–Crippen LogP) is 1.95. The van der Waals surface area contributed by atoms with E-state index >= 15 is 0 Å². The first-order chi connectivity index (χ1) is 8.66. The van der Waals surface area contributed by atoms with Gasteiger partial charge in [0.2, 0.25) is 0 Å². The van der Waals surface area contributed by atoms with Crippen molar-refractivity contribution in [2.75, 3.05) is 5.73 Å². The lowest BCUT2D eigenvalue weighted by Crippen LogP contribution is -2.16. The maximum atomic E-state index is 13.4. The average molecular weight is 246 g/mol. The summed E-state index contributed by atoms with van der Waals surface area (Å²) in [4.78, 5) is 3.95. The van der Waals surface area contributed by atoms with E-state index in [9.17, 15) is 9.50 Å². The minimum atomic E-state index is -0.673. The summed E-state index contributed by atoms with van der Waals surface area (Å²) in [5, 5.41) is 9.95. The van der Waals surface area contributed by atoms with Crippen LogP contribution in [0.4, 0.5) is 10.2 Å². The maximum absolute atomic E-state index is 13.4. The standard InChI is InChI=1S/C14H15FN2O/c15-13-6-2-1-4-10(13)8-12(18)9-11-5-3-7-17-14(11)16/h1-7,12,18H,8-9H2,(H2,16,17). The average Bonchev–Trinajstić information content (AvgIpc) is 2.35. The van der Waals surface area contributed by atoms with Gasteiger partial charge < -0.3 is 10.8 Å². The minimum absolute atomic E-state index is 0.265. The summed E-state index contributed by atoms with van der Waals surface area (Å²) in [7, 11) is 0. The summed E-state index contributed by atoms with van der Waals surface area (Å²) < 4.78 is 13.4. The highest BCUT2D eigenvalue weighted by molar-refractivity contribution is 5.38. The molecule has 1 unspecified atom stereocenters. The maximum Gasteiger partial charge on any atom is 0.126 e. The summed E-state index contributed by atoms with van der Waals surface area (Å²) in [6.07, 6.45) is 1.56. The molecule has 1 aromatic heterocycles. The Hall–Kier alpha value is -1.94. The second-order valence-electron chi connectivity index (χ2n) is 4.20. The van der Waals surface area contributed by atoms with Gasteiger partial charge in [0, 0.05) is 19.0 Å².